The molecule has 1 amide bonds. The fraction of sp³-hybridized carbons (Fsp3) is 0.286. The van der Waals surface area contributed by atoms with Crippen LogP contribution in [0.2, 0.25) is 0 Å². The topological polar surface area (TPSA) is 73.1 Å². The highest BCUT2D eigenvalue weighted by Crippen LogP contribution is 2.34. The number of carbonyl (C=O) groups is 1. The zero-order valence-electron chi connectivity index (χ0n) is 20.1. The molecule has 0 bridgehead atoms. The van der Waals surface area contributed by atoms with E-state index in [2.05, 4.69) is 19.5 Å². The van der Waals surface area contributed by atoms with Gasteiger partial charge in [0.25, 0.3) is 5.91 Å². The summed E-state index contributed by atoms with van der Waals surface area (Å²) >= 11 is 0. The van der Waals surface area contributed by atoms with Crippen LogP contribution >= 0.6 is 0 Å². The zero-order chi connectivity index (χ0) is 24.2. The highest BCUT2D eigenvalue weighted by Gasteiger charge is 2.28. The number of imidazole rings is 1. The lowest BCUT2D eigenvalue weighted by Gasteiger charge is -2.32. The standard InChI is InChI=1S/C28H29N5O2/c1-20-6-5-8-24(18-20)35-27-26(30-12-13-31-27)22-10-15-32(16-11-22)28(34)25-9-4-3-7-23(25)19-33-17-14-29-21(33)2/h3-9,12-14,17-18,22H,10-11,15-16,19H2,1-2H3. The van der Waals surface area contributed by atoms with Gasteiger partial charge in [-0.1, -0.05) is 30.3 Å². The van der Waals surface area contributed by atoms with Crippen LogP contribution in [-0.4, -0.2) is 43.4 Å². The summed E-state index contributed by atoms with van der Waals surface area (Å²) in [6, 6.07) is 15.8. The van der Waals surface area contributed by atoms with Gasteiger partial charge in [0.15, 0.2) is 0 Å². The molecule has 1 aliphatic rings. The van der Waals surface area contributed by atoms with Gasteiger partial charge in [-0.15, -0.1) is 0 Å². The minimum absolute atomic E-state index is 0.0761. The lowest BCUT2D eigenvalue weighted by Crippen LogP contribution is -2.38. The van der Waals surface area contributed by atoms with E-state index in [0.717, 1.165) is 46.8 Å². The molecule has 1 saturated heterocycles. The summed E-state index contributed by atoms with van der Waals surface area (Å²) in [5.74, 6) is 2.50. The van der Waals surface area contributed by atoms with Crippen molar-refractivity contribution >= 4 is 5.91 Å². The van der Waals surface area contributed by atoms with Crippen molar-refractivity contribution in [2.45, 2.75) is 39.2 Å². The van der Waals surface area contributed by atoms with Crippen molar-refractivity contribution in [3.05, 3.63) is 102 Å². The Morgan fingerprint density at radius 2 is 1.77 bits per heavy atom. The molecule has 0 unspecified atom stereocenters. The fourth-order valence-electron chi connectivity index (χ4n) is 4.63. The highest BCUT2D eigenvalue weighted by atomic mass is 16.5. The Balaban J connectivity index is 1.28. The Kier molecular flexibility index (Phi) is 6.57. The van der Waals surface area contributed by atoms with Gasteiger partial charge in [-0.3, -0.25) is 9.78 Å². The minimum Gasteiger partial charge on any atom is -0.437 e. The number of carbonyl (C=O) groups excluding carboxylic acids is 1. The van der Waals surface area contributed by atoms with Crippen molar-refractivity contribution in [1.29, 1.82) is 0 Å². The van der Waals surface area contributed by atoms with Crippen molar-refractivity contribution in [1.82, 2.24) is 24.4 Å². The Bertz CT molecular complexity index is 1320. The predicted molar refractivity (Wildman–Crippen MR) is 134 cm³/mol. The van der Waals surface area contributed by atoms with Crippen LogP contribution in [0.15, 0.2) is 73.3 Å². The van der Waals surface area contributed by atoms with E-state index >= 15 is 0 Å². The highest BCUT2D eigenvalue weighted by molar-refractivity contribution is 5.95. The van der Waals surface area contributed by atoms with E-state index in [1.807, 2.05) is 73.5 Å². The van der Waals surface area contributed by atoms with Crippen molar-refractivity contribution in [3.63, 3.8) is 0 Å². The van der Waals surface area contributed by atoms with Crippen molar-refractivity contribution in [2.24, 2.45) is 0 Å². The van der Waals surface area contributed by atoms with Gasteiger partial charge >= 0.3 is 0 Å². The third-order valence-corrected chi connectivity index (χ3v) is 6.58. The largest absolute Gasteiger partial charge is 0.437 e. The van der Waals surface area contributed by atoms with Crippen LogP contribution in [-0.2, 0) is 6.54 Å². The first-order chi connectivity index (χ1) is 17.1. The first-order valence-corrected chi connectivity index (χ1v) is 12.0. The monoisotopic (exact) mass is 467 g/mol. The average Bonchev–Trinajstić information content (AvgIpc) is 3.28. The van der Waals surface area contributed by atoms with E-state index in [1.54, 1.807) is 18.6 Å². The maximum atomic E-state index is 13.5. The quantitative estimate of drug-likeness (QED) is 0.392. The lowest BCUT2D eigenvalue weighted by atomic mass is 9.92. The van der Waals surface area contributed by atoms with Crippen LogP contribution in [0.25, 0.3) is 0 Å². The van der Waals surface area contributed by atoms with Crippen molar-refractivity contribution in [2.75, 3.05) is 13.1 Å². The molecule has 2 aromatic carbocycles. The van der Waals surface area contributed by atoms with Crippen LogP contribution in [0.3, 0.4) is 0 Å². The van der Waals surface area contributed by atoms with Crippen LogP contribution in [0.5, 0.6) is 11.6 Å². The Hall–Kier alpha value is -4.00. The SMILES string of the molecule is Cc1cccc(Oc2nccnc2C2CCN(C(=O)c3ccccc3Cn3ccnc3C)CC2)c1. The molecule has 0 radical (unpaired) electrons. The predicted octanol–water partition coefficient (Wildman–Crippen LogP) is 5.15. The second-order valence-corrected chi connectivity index (χ2v) is 8.99. The van der Waals surface area contributed by atoms with Gasteiger partial charge in [0.2, 0.25) is 5.88 Å². The fourth-order valence-corrected chi connectivity index (χ4v) is 4.63. The number of hydrogen-bond donors (Lipinski definition) is 0. The summed E-state index contributed by atoms with van der Waals surface area (Å²) in [7, 11) is 0. The Morgan fingerprint density at radius 3 is 2.54 bits per heavy atom. The molecule has 0 atom stereocenters. The molecular formula is C28H29N5O2. The molecule has 7 heteroatoms. The van der Waals surface area contributed by atoms with Crippen LogP contribution in [0.4, 0.5) is 0 Å². The number of ether oxygens (including phenoxy) is 1. The van der Waals surface area contributed by atoms with Gasteiger partial charge in [-0.2, -0.15) is 0 Å². The van der Waals surface area contributed by atoms with Crippen LogP contribution in [0, 0.1) is 13.8 Å². The van der Waals surface area contributed by atoms with Crippen LogP contribution < -0.4 is 4.74 Å². The first-order valence-electron chi connectivity index (χ1n) is 12.0. The minimum atomic E-state index is 0.0761. The number of nitrogens with zero attached hydrogens (tertiary/aromatic N) is 5. The molecule has 0 saturated carbocycles. The molecule has 35 heavy (non-hydrogen) atoms. The Morgan fingerprint density at radius 1 is 0.971 bits per heavy atom. The lowest BCUT2D eigenvalue weighted by molar-refractivity contribution is 0.0710. The third kappa shape index (κ3) is 5.09. The molecule has 0 N–H and O–H groups in total. The number of likely N-dealkylation sites (tertiary alicyclic amines) is 1. The third-order valence-electron chi connectivity index (χ3n) is 6.58. The number of benzene rings is 2. The summed E-state index contributed by atoms with van der Waals surface area (Å²) in [6.07, 6.45) is 8.73. The van der Waals surface area contributed by atoms with Crippen molar-refractivity contribution < 1.29 is 9.53 Å². The number of piperidine rings is 1. The number of hydrogen-bond acceptors (Lipinski definition) is 5. The van der Waals surface area contributed by atoms with Gasteiger partial charge in [0, 0.05) is 55.9 Å². The number of rotatable bonds is 6. The Labute approximate surface area is 205 Å². The van der Waals surface area contributed by atoms with E-state index in [-0.39, 0.29) is 11.8 Å². The molecule has 1 fully saturated rings. The molecule has 4 aromatic rings. The molecule has 3 heterocycles. The zero-order valence-corrected chi connectivity index (χ0v) is 20.1. The van der Waals surface area contributed by atoms with E-state index in [0.29, 0.717) is 25.5 Å². The average molecular weight is 468 g/mol. The second kappa shape index (κ2) is 10.1. The smallest absolute Gasteiger partial charge is 0.254 e. The molecular weight excluding hydrogens is 438 g/mol. The molecule has 2 aromatic heterocycles. The van der Waals surface area contributed by atoms with E-state index < -0.39 is 0 Å². The van der Waals surface area contributed by atoms with E-state index in [9.17, 15) is 4.79 Å². The molecule has 0 spiro atoms. The summed E-state index contributed by atoms with van der Waals surface area (Å²) in [5, 5.41) is 0. The summed E-state index contributed by atoms with van der Waals surface area (Å²) in [5.41, 5.74) is 3.74. The van der Waals surface area contributed by atoms with Gasteiger partial charge in [-0.25, -0.2) is 9.97 Å². The van der Waals surface area contributed by atoms with Gasteiger partial charge in [0.05, 0.1) is 0 Å². The van der Waals surface area contributed by atoms with E-state index in [4.69, 9.17) is 4.74 Å². The maximum Gasteiger partial charge on any atom is 0.254 e. The first kappa shape index (κ1) is 22.8. The molecule has 1 aliphatic heterocycles. The normalized spacial score (nSPS) is 14.2. The van der Waals surface area contributed by atoms with Crippen LogP contribution in [0.1, 0.15) is 51.8 Å². The molecule has 0 aliphatic carbocycles. The molecule has 5 rings (SSSR count). The van der Waals surface area contributed by atoms with E-state index in [1.165, 1.54) is 0 Å². The number of aryl methyl sites for hydroxylation is 2. The van der Waals surface area contributed by atoms with Gasteiger partial charge in [0.1, 0.15) is 17.3 Å². The van der Waals surface area contributed by atoms with Gasteiger partial charge < -0.3 is 14.2 Å². The summed E-state index contributed by atoms with van der Waals surface area (Å²) < 4.78 is 8.16. The second-order valence-electron chi connectivity index (χ2n) is 8.99. The van der Waals surface area contributed by atoms with Crippen molar-refractivity contribution in [3.8, 4) is 11.6 Å². The number of aromatic nitrogens is 4. The summed E-state index contributed by atoms with van der Waals surface area (Å²) in [4.78, 5) is 28.8. The number of amides is 1. The maximum absolute atomic E-state index is 13.5. The summed E-state index contributed by atoms with van der Waals surface area (Å²) in [6.45, 7) is 5.97. The molecule has 7 nitrogen and oxygen atoms in total. The van der Waals surface area contributed by atoms with Gasteiger partial charge in [-0.05, 0) is 56.0 Å². The molecule has 178 valence electrons.